The first-order valence-electron chi connectivity index (χ1n) is 6.88. The van der Waals surface area contributed by atoms with Crippen LogP contribution in [0.5, 0.6) is 0 Å². The van der Waals surface area contributed by atoms with Crippen molar-refractivity contribution in [2.45, 2.75) is 50.7 Å². The number of nitrogens with zero attached hydrogens (tertiary/aromatic N) is 2. The minimum Gasteiger partial charge on any atom is -0.341 e. The van der Waals surface area contributed by atoms with Crippen LogP contribution in [0.2, 0.25) is 0 Å². The highest BCUT2D eigenvalue weighted by atomic mass is 32.2. The zero-order valence-corrected chi connectivity index (χ0v) is 12.5. The first-order valence-corrected chi connectivity index (χ1v) is 8.03. The minimum absolute atomic E-state index is 0.0117. The predicted octanol–water partition coefficient (Wildman–Crippen LogP) is 0.636. The maximum Gasteiger partial charge on any atom is 0.246 e. The lowest BCUT2D eigenvalue weighted by Gasteiger charge is -2.36. The van der Waals surface area contributed by atoms with Crippen molar-refractivity contribution >= 4 is 23.6 Å². The lowest BCUT2D eigenvalue weighted by atomic mass is 9.90. The van der Waals surface area contributed by atoms with Gasteiger partial charge >= 0.3 is 0 Å². The van der Waals surface area contributed by atoms with Gasteiger partial charge < -0.3 is 15.5 Å². The first kappa shape index (κ1) is 14.7. The van der Waals surface area contributed by atoms with E-state index in [1.54, 1.807) is 16.7 Å². The fourth-order valence-electron chi connectivity index (χ4n) is 2.86. The Kier molecular flexibility index (Phi) is 4.73. The number of carbonyl (C=O) groups excluding carboxylic acids is 2. The van der Waals surface area contributed by atoms with Crippen molar-refractivity contribution in [1.82, 2.24) is 9.80 Å². The van der Waals surface area contributed by atoms with E-state index >= 15 is 0 Å². The molecule has 1 saturated heterocycles. The Bertz CT molecular complexity index is 356. The molecule has 1 aliphatic heterocycles. The van der Waals surface area contributed by atoms with Crippen molar-refractivity contribution in [2.24, 2.45) is 5.73 Å². The second kappa shape index (κ2) is 6.13. The highest BCUT2D eigenvalue weighted by Gasteiger charge is 2.37. The van der Waals surface area contributed by atoms with Crippen LogP contribution in [0.4, 0.5) is 0 Å². The van der Waals surface area contributed by atoms with E-state index in [-0.39, 0.29) is 29.9 Å². The lowest BCUT2D eigenvalue weighted by Crippen LogP contribution is -2.51. The van der Waals surface area contributed by atoms with Gasteiger partial charge in [0.1, 0.15) is 6.04 Å². The Hall–Kier alpha value is -0.750. The fourth-order valence-corrected chi connectivity index (χ4v) is 4.07. The van der Waals surface area contributed by atoms with Crippen LogP contribution in [0.1, 0.15) is 32.6 Å². The third kappa shape index (κ3) is 3.23. The quantitative estimate of drug-likeness (QED) is 0.808. The van der Waals surface area contributed by atoms with E-state index < -0.39 is 0 Å². The van der Waals surface area contributed by atoms with Crippen molar-refractivity contribution in [3.8, 4) is 0 Å². The summed E-state index contributed by atoms with van der Waals surface area (Å²) in [5, 5.41) is 0. The Morgan fingerprint density at radius 1 is 1.26 bits per heavy atom. The number of hydrogen-bond acceptors (Lipinski definition) is 4. The summed E-state index contributed by atoms with van der Waals surface area (Å²) in [5.41, 5.74) is 5.90. The number of likely N-dealkylation sites (N-methyl/N-ethyl adjacent to an activating group) is 1. The van der Waals surface area contributed by atoms with Crippen LogP contribution in [0.25, 0.3) is 0 Å². The molecule has 5 nitrogen and oxygen atoms in total. The number of thioether (sulfide) groups is 1. The third-order valence-corrected chi connectivity index (χ3v) is 5.22. The molecule has 1 saturated carbocycles. The van der Waals surface area contributed by atoms with Gasteiger partial charge in [-0.05, 0) is 25.7 Å². The summed E-state index contributed by atoms with van der Waals surface area (Å²) >= 11 is 1.65. The highest BCUT2D eigenvalue weighted by Crippen LogP contribution is 2.26. The molecule has 2 aliphatic rings. The molecule has 0 aromatic carbocycles. The lowest BCUT2D eigenvalue weighted by molar-refractivity contribution is -0.143. The SMILES string of the molecule is CC(=O)N1CSC[C@H]1C(=O)N(C)C1CCC(N)CC1. The zero-order chi connectivity index (χ0) is 14.0. The zero-order valence-electron chi connectivity index (χ0n) is 11.7. The van der Waals surface area contributed by atoms with Crippen LogP contribution < -0.4 is 5.73 Å². The van der Waals surface area contributed by atoms with E-state index in [9.17, 15) is 9.59 Å². The normalized spacial score (nSPS) is 31.3. The second-order valence-electron chi connectivity index (χ2n) is 5.52. The maximum atomic E-state index is 12.5. The molecule has 108 valence electrons. The Morgan fingerprint density at radius 3 is 2.47 bits per heavy atom. The number of amides is 2. The molecule has 19 heavy (non-hydrogen) atoms. The van der Waals surface area contributed by atoms with E-state index in [4.69, 9.17) is 5.73 Å². The summed E-state index contributed by atoms with van der Waals surface area (Å²) in [6.45, 7) is 1.53. The van der Waals surface area contributed by atoms with Gasteiger partial charge in [0.25, 0.3) is 0 Å². The van der Waals surface area contributed by atoms with Crippen LogP contribution in [0.3, 0.4) is 0 Å². The second-order valence-corrected chi connectivity index (χ2v) is 6.52. The van der Waals surface area contributed by atoms with Gasteiger partial charge in [0.15, 0.2) is 0 Å². The van der Waals surface area contributed by atoms with Crippen LogP contribution in [-0.2, 0) is 9.59 Å². The van der Waals surface area contributed by atoms with E-state index in [1.165, 1.54) is 6.92 Å². The van der Waals surface area contributed by atoms with Gasteiger partial charge in [0.2, 0.25) is 11.8 Å². The summed E-state index contributed by atoms with van der Waals surface area (Å²) < 4.78 is 0. The summed E-state index contributed by atoms with van der Waals surface area (Å²) in [7, 11) is 1.87. The Labute approximate surface area is 118 Å². The molecule has 1 heterocycles. The third-order valence-electron chi connectivity index (χ3n) is 4.21. The van der Waals surface area contributed by atoms with E-state index in [0.29, 0.717) is 5.88 Å². The standard InChI is InChI=1S/C13H23N3O2S/c1-9(17)16-8-19-7-12(16)13(18)15(2)11-5-3-10(14)4-6-11/h10-12H,3-8,14H2,1-2H3/t10?,11?,12-/m0/s1. The molecular formula is C13H23N3O2S. The van der Waals surface area contributed by atoms with E-state index in [2.05, 4.69) is 0 Å². The Morgan fingerprint density at radius 2 is 1.89 bits per heavy atom. The van der Waals surface area contributed by atoms with Gasteiger partial charge in [-0.3, -0.25) is 9.59 Å². The van der Waals surface area contributed by atoms with Gasteiger partial charge in [-0.25, -0.2) is 0 Å². The molecule has 2 amide bonds. The Balaban J connectivity index is 1.96. The van der Waals surface area contributed by atoms with Gasteiger partial charge in [0, 0.05) is 31.8 Å². The molecule has 2 N–H and O–H groups in total. The number of hydrogen-bond donors (Lipinski definition) is 1. The monoisotopic (exact) mass is 285 g/mol. The van der Waals surface area contributed by atoms with Crippen LogP contribution in [-0.4, -0.2) is 58.4 Å². The maximum absolute atomic E-state index is 12.5. The van der Waals surface area contributed by atoms with Crippen molar-refractivity contribution < 1.29 is 9.59 Å². The highest BCUT2D eigenvalue weighted by molar-refractivity contribution is 7.99. The van der Waals surface area contributed by atoms with Crippen molar-refractivity contribution in [3.63, 3.8) is 0 Å². The largest absolute Gasteiger partial charge is 0.341 e. The average molecular weight is 285 g/mol. The summed E-state index contributed by atoms with van der Waals surface area (Å²) in [5.74, 6) is 1.42. The van der Waals surface area contributed by atoms with Crippen LogP contribution in [0, 0.1) is 0 Å². The summed E-state index contributed by atoms with van der Waals surface area (Å²) in [6, 6.07) is 0.297. The molecular weight excluding hydrogens is 262 g/mol. The number of nitrogens with two attached hydrogens (primary N) is 1. The van der Waals surface area contributed by atoms with Gasteiger partial charge in [-0.1, -0.05) is 0 Å². The van der Waals surface area contributed by atoms with E-state index in [0.717, 1.165) is 31.4 Å². The average Bonchev–Trinajstić information content (AvgIpc) is 2.87. The van der Waals surface area contributed by atoms with Crippen molar-refractivity contribution in [1.29, 1.82) is 0 Å². The number of carbonyl (C=O) groups is 2. The first-order chi connectivity index (χ1) is 9.00. The predicted molar refractivity (Wildman–Crippen MR) is 76.6 cm³/mol. The molecule has 1 aliphatic carbocycles. The smallest absolute Gasteiger partial charge is 0.246 e. The van der Waals surface area contributed by atoms with Crippen LogP contribution in [0.15, 0.2) is 0 Å². The molecule has 0 unspecified atom stereocenters. The molecule has 0 spiro atoms. The topological polar surface area (TPSA) is 66.6 Å². The minimum atomic E-state index is -0.275. The molecule has 2 rings (SSSR count). The molecule has 1 atom stereocenters. The van der Waals surface area contributed by atoms with Crippen LogP contribution >= 0.6 is 11.8 Å². The molecule has 0 aromatic rings. The molecule has 2 fully saturated rings. The molecule has 0 bridgehead atoms. The molecule has 0 radical (unpaired) electrons. The fraction of sp³-hybridized carbons (Fsp3) is 0.846. The van der Waals surface area contributed by atoms with E-state index in [1.807, 2.05) is 11.9 Å². The molecule has 6 heteroatoms. The number of rotatable bonds is 2. The summed E-state index contributed by atoms with van der Waals surface area (Å²) in [4.78, 5) is 27.6. The molecule has 0 aromatic heterocycles. The van der Waals surface area contributed by atoms with Gasteiger partial charge in [-0.15, -0.1) is 11.8 Å². The summed E-state index contributed by atoms with van der Waals surface area (Å²) in [6.07, 6.45) is 3.92. The van der Waals surface area contributed by atoms with Gasteiger partial charge in [0.05, 0.1) is 5.88 Å². The van der Waals surface area contributed by atoms with Crippen molar-refractivity contribution in [2.75, 3.05) is 18.7 Å². The van der Waals surface area contributed by atoms with Crippen molar-refractivity contribution in [3.05, 3.63) is 0 Å². The van der Waals surface area contributed by atoms with Gasteiger partial charge in [-0.2, -0.15) is 0 Å².